The number of aryl methyl sites for hydroxylation is 1. The summed E-state index contributed by atoms with van der Waals surface area (Å²) in [6.45, 7) is 0.514. The van der Waals surface area contributed by atoms with Crippen LogP contribution in [0.25, 0.3) is 0 Å². The van der Waals surface area contributed by atoms with Crippen LogP contribution in [0.5, 0.6) is 5.75 Å². The molecule has 0 fully saturated rings. The van der Waals surface area contributed by atoms with Crippen molar-refractivity contribution in [1.82, 2.24) is 14.8 Å². The smallest absolute Gasteiger partial charge is 0.164 e. The van der Waals surface area contributed by atoms with E-state index in [0.29, 0.717) is 18.5 Å². The number of phenols is 1. The number of carbonyl (C=O) groups is 1. The van der Waals surface area contributed by atoms with Crippen LogP contribution in [0.15, 0.2) is 36.9 Å². The van der Waals surface area contributed by atoms with Crippen molar-refractivity contribution >= 4 is 5.78 Å². The first-order chi connectivity index (χ1) is 7.75. The number of hydrogen-bond donors (Lipinski definition) is 1. The molecule has 5 nitrogen and oxygen atoms in total. The van der Waals surface area contributed by atoms with Gasteiger partial charge >= 0.3 is 0 Å². The van der Waals surface area contributed by atoms with Gasteiger partial charge in [-0.25, -0.2) is 4.98 Å². The summed E-state index contributed by atoms with van der Waals surface area (Å²) < 4.78 is 1.61. The van der Waals surface area contributed by atoms with Gasteiger partial charge in [0, 0.05) is 18.5 Å². The van der Waals surface area contributed by atoms with Crippen molar-refractivity contribution in [2.75, 3.05) is 0 Å². The lowest BCUT2D eigenvalue weighted by Crippen LogP contribution is -2.06. The fourth-order valence-electron chi connectivity index (χ4n) is 1.36. The lowest BCUT2D eigenvalue weighted by molar-refractivity contribution is 0.0975. The summed E-state index contributed by atoms with van der Waals surface area (Å²) in [5, 5.41) is 13.0. The Kier molecular flexibility index (Phi) is 2.95. The Labute approximate surface area is 92.4 Å². The van der Waals surface area contributed by atoms with Gasteiger partial charge in [0.2, 0.25) is 0 Å². The van der Waals surface area contributed by atoms with Gasteiger partial charge in [0.15, 0.2) is 5.78 Å². The number of rotatable bonds is 4. The molecule has 0 bridgehead atoms. The maximum atomic E-state index is 11.7. The molecule has 0 spiro atoms. The maximum absolute atomic E-state index is 11.7. The van der Waals surface area contributed by atoms with Crippen molar-refractivity contribution in [3.8, 4) is 5.75 Å². The maximum Gasteiger partial charge on any atom is 0.164 e. The Morgan fingerprint density at radius 2 is 2.06 bits per heavy atom. The molecule has 0 amide bonds. The number of hydrogen-bond acceptors (Lipinski definition) is 4. The van der Waals surface area contributed by atoms with E-state index in [1.165, 1.54) is 18.5 Å². The monoisotopic (exact) mass is 217 g/mol. The summed E-state index contributed by atoms with van der Waals surface area (Å²) in [4.78, 5) is 15.5. The minimum absolute atomic E-state index is 0.0236. The van der Waals surface area contributed by atoms with E-state index in [9.17, 15) is 4.79 Å². The van der Waals surface area contributed by atoms with Crippen molar-refractivity contribution in [3.05, 3.63) is 42.5 Å². The van der Waals surface area contributed by atoms with E-state index in [0.717, 1.165) is 0 Å². The second-order valence-corrected chi connectivity index (χ2v) is 3.38. The van der Waals surface area contributed by atoms with Gasteiger partial charge in [-0.05, 0) is 24.3 Å². The van der Waals surface area contributed by atoms with Crippen LogP contribution < -0.4 is 0 Å². The highest BCUT2D eigenvalue weighted by molar-refractivity contribution is 5.96. The van der Waals surface area contributed by atoms with Crippen LogP contribution >= 0.6 is 0 Å². The third kappa shape index (κ3) is 2.44. The van der Waals surface area contributed by atoms with Gasteiger partial charge in [-0.3, -0.25) is 9.48 Å². The Balaban J connectivity index is 1.95. The summed E-state index contributed by atoms with van der Waals surface area (Å²) in [5.74, 6) is 0.184. The van der Waals surface area contributed by atoms with Crippen molar-refractivity contribution in [1.29, 1.82) is 0 Å². The number of carbonyl (C=O) groups excluding carboxylic acids is 1. The average molecular weight is 217 g/mol. The first-order valence-corrected chi connectivity index (χ1v) is 4.90. The quantitative estimate of drug-likeness (QED) is 0.783. The largest absolute Gasteiger partial charge is 0.508 e. The fourth-order valence-corrected chi connectivity index (χ4v) is 1.36. The van der Waals surface area contributed by atoms with Crippen LogP contribution in [0.4, 0.5) is 0 Å². The van der Waals surface area contributed by atoms with Gasteiger partial charge in [0.25, 0.3) is 0 Å². The molecule has 16 heavy (non-hydrogen) atoms. The Bertz CT molecular complexity index is 462. The summed E-state index contributed by atoms with van der Waals surface area (Å²) in [6, 6.07) is 6.23. The molecule has 1 aromatic heterocycles. The average Bonchev–Trinajstić information content (AvgIpc) is 2.80. The summed E-state index contributed by atoms with van der Waals surface area (Å²) >= 11 is 0. The zero-order valence-electron chi connectivity index (χ0n) is 8.58. The van der Waals surface area contributed by atoms with Gasteiger partial charge in [-0.15, -0.1) is 0 Å². The first kappa shape index (κ1) is 10.4. The topological polar surface area (TPSA) is 68.0 Å². The number of benzene rings is 1. The van der Waals surface area contributed by atoms with Gasteiger partial charge < -0.3 is 5.11 Å². The molecule has 0 aliphatic rings. The lowest BCUT2D eigenvalue weighted by atomic mass is 10.1. The van der Waals surface area contributed by atoms with E-state index < -0.39 is 0 Å². The van der Waals surface area contributed by atoms with Gasteiger partial charge in [0.1, 0.15) is 18.4 Å². The van der Waals surface area contributed by atoms with E-state index in [1.54, 1.807) is 23.1 Å². The summed E-state index contributed by atoms with van der Waals surface area (Å²) in [6.07, 6.45) is 3.38. The molecule has 2 rings (SSSR count). The van der Waals surface area contributed by atoms with Crippen molar-refractivity contribution in [2.45, 2.75) is 13.0 Å². The van der Waals surface area contributed by atoms with Crippen molar-refractivity contribution in [3.63, 3.8) is 0 Å². The van der Waals surface area contributed by atoms with Crippen molar-refractivity contribution < 1.29 is 9.90 Å². The summed E-state index contributed by atoms with van der Waals surface area (Å²) in [7, 11) is 0. The molecule has 0 aliphatic heterocycles. The predicted octanol–water partition coefficient (Wildman–Crippen LogP) is 1.26. The number of aromatic nitrogens is 3. The van der Waals surface area contributed by atoms with Crippen LogP contribution in [0.1, 0.15) is 16.8 Å². The summed E-state index contributed by atoms with van der Waals surface area (Å²) in [5.41, 5.74) is 0.595. The number of aromatic hydroxyl groups is 1. The molecule has 0 aliphatic carbocycles. The fraction of sp³-hybridized carbons (Fsp3) is 0.182. The Morgan fingerprint density at radius 3 is 2.69 bits per heavy atom. The van der Waals surface area contributed by atoms with Gasteiger partial charge in [-0.1, -0.05) is 0 Å². The lowest BCUT2D eigenvalue weighted by Gasteiger charge is -2.01. The highest BCUT2D eigenvalue weighted by Crippen LogP contribution is 2.11. The van der Waals surface area contributed by atoms with Gasteiger partial charge in [0.05, 0.1) is 0 Å². The highest BCUT2D eigenvalue weighted by atomic mass is 16.3. The van der Waals surface area contributed by atoms with Gasteiger partial charge in [-0.2, -0.15) is 5.10 Å². The Morgan fingerprint density at radius 1 is 1.31 bits per heavy atom. The van der Waals surface area contributed by atoms with E-state index in [2.05, 4.69) is 10.1 Å². The molecule has 0 saturated carbocycles. The molecule has 1 N–H and O–H groups in total. The highest BCUT2D eigenvalue weighted by Gasteiger charge is 2.05. The van der Waals surface area contributed by atoms with E-state index in [-0.39, 0.29) is 11.5 Å². The zero-order valence-corrected chi connectivity index (χ0v) is 8.58. The molecule has 0 saturated heterocycles. The molecule has 2 aromatic rings. The minimum atomic E-state index is 0.0236. The first-order valence-electron chi connectivity index (χ1n) is 4.90. The molecule has 5 heteroatoms. The molecular formula is C11H11N3O2. The van der Waals surface area contributed by atoms with Crippen LogP contribution in [-0.4, -0.2) is 25.7 Å². The third-order valence-corrected chi connectivity index (χ3v) is 2.22. The normalized spacial score (nSPS) is 10.2. The standard InChI is InChI=1S/C11H11N3O2/c15-10-3-1-9(2-4-10)11(16)5-6-14-8-12-7-13-14/h1-4,7-8,15H,5-6H2. The zero-order chi connectivity index (χ0) is 11.4. The second kappa shape index (κ2) is 4.57. The molecule has 82 valence electrons. The number of ketones is 1. The Hall–Kier alpha value is -2.17. The molecule has 0 atom stereocenters. The second-order valence-electron chi connectivity index (χ2n) is 3.38. The third-order valence-electron chi connectivity index (χ3n) is 2.22. The van der Waals surface area contributed by atoms with Crippen LogP contribution in [-0.2, 0) is 6.54 Å². The molecule has 1 heterocycles. The molecule has 0 radical (unpaired) electrons. The van der Waals surface area contributed by atoms with E-state index in [1.807, 2.05) is 0 Å². The predicted molar refractivity (Wildman–Crippen MR) is 57.1 cm³/mol. The van der Waals surface area contributed by atoms with Crippen molar-refractivity contribution in [2.24, 2.45) is 0 Å². The number of nitrogens with zero attached hydrogens (tertiary/aromatic N) is 3. The molecule has 0 unspecified atom stereocenters. The van der Waals surface area contributed by atoms with Crippen LogP contribution in [0.2, 0.25) is 0 Å². The SMILES string of the molecule is O=C(CCn1cncn1)c1ccc(O)cc1. The van der Waals surface area contributed by atoms with Crippen LogP contribution in [0, 0.1) is 0 Å². The number of Topliss-reactive ketones (excluding diaryl/α,β-unsaturated/α-hetero) is 1. The van der Waals surface area contributed by atoms with E-state index in [4.69, 9.17) is 5.11 Å². The van der Waals surface area contributed by atoms with Crippen LogP contribution in [0.3, 0.4) is 0 Å². The molecular weight excluding hydrogens is 206 g/mol. The van der Waals surface area contributed by atoms with E-state index >= 15 is 0 Å². The molecule has 1 aromatic carbocycles. The number of phenolic OH excluding ortho intramolecular Hbond substituents is 1. The minimum Gasteiger partial charge on any atom is -0.508 e.